The highest BCUT2D eigenvalue weighted by Crippen LogP contribution is 2.22. The van der Waals surface area contributed by atoms with E-state index in [2.05, 4.69) is 19.2 Å². The van der Waals surface area contributed by atoms with Crippen molar-refractivity contribution in [2.24, 2.45) is 5.92 Å². The predicted molar refractivity (Wildman–Crippen MR) is 70.1 cm³/mol. The number of ether oxygens (including phenoxy) is 1. The summed E-state index contributed by atoms with van der Waals surface area (Å²) < 4.78 is 19.0. The van der Waals surface area contributed by atoms with E-state index in [1.54, 1.807) is 6.07 Å². The van der Waals surface area contributed by atoms with Gasteiger partial charge in [-0.2, -0.15) is 0 Å². The molecule has 0 spiro atoms. The average Bonchev–Trinajstić information content (AvgIpc) is 2.32. The van der Waals surface area contributed by atoms with Crippen LogP contribution >= 0.6 is 0 Å². The molecule has 0 radical (unpaired) electrons. The van der Waals surface area contributed by atoms with E-state index in [0.717, 1.165) is 12.1 Å². The number of rotatable bonds is 8. The Morgan fingerprint density at radius 3 is 2.83 bits per heavy atom. The van der Waals surface area contributed by atoms with Gasteiger partial charge in [-0.1, -0.05) is 26.0 Å². The summed E-state index contributed by atoms with van der Waals surface area (Å²) in [5.41, 5.74) is 0.814. The van der Waals surface area contributed by atoms with Crippen molar-refractivity contribution in [2.75, 3.05) is 19.8 Å². The zero-order chi connectivity index (χ0) is 13.4. The Balaban J connectivity index is 2.61. The first kappa shape index (κ1) is 14.9. The van der Waals surface area contributed by atoms with Crippen LogP contribution in [0.5, 0.6) is 5.75 Å². The second-order valence-electron chi connectivity index (χ2n) is 4.68. The number of nitrogens with one attached hydrogen (secondary N) is 1. The van der Waals surface area contributed by atoms with Gasteiger partial charge >= 0.3 is 0 Å². The van der Waals surface area contributed by atoms with E-state index < -0.39 is 0 Å². The van der Waals surface area contributed by atoms with Gasteiger partial charge in [0, 0.05) is 25.1 Å². The van der Waals surface area contributed by atoms with Crippen molar-refractivity contribution in [3.63, 3.8) is 0 Å². The van der Waals surface area contributed by atoms with Crippen molar-refractivity contribution in [1.82, 2.24) is 5.32 Å². The Hall–Kier alpha value is -1.13. The Bertz CT molecular complexity index is 356. The standard InChI is InChI=1S/C14H22FNO2/c1-11(2)9-16-10-12-5-3-6-13(15)14(12)18-8-4-7-17/h3,5-6,11,16-17H,4,7-10H2,1-2H3. The van der Waals surface area contributed by atoms with Gasteiger partial charge in [-0.25, -0.2) is 4.39 Å². The van der Waals surface area contributed by atoms with Crippen LogP contribution in [-0.4, -0.2) is 24.9 Å². The van der Waals surface area contributed by atoms with Crippen LogP contribution in [0.1, 0.15) is 25.8 Å². The molecule has 0 aromatic heterocycles. The molecular weight excluding hydrogens is 233 g/mol. The SMILES string of the molecule is CC(C)CNCc1cccc(F)c1OCCCO. The summed E-state index contributed by atoms with van der Waals surface area (Å²) in [4.78, 5) is 0. The summed E-state index contributed by atoms with van der Waals surface area (Å²) >= 11 is 0. The molecule has 1 aromatic carbocycles. The lowest BCUT2D eigenvalue weighted by molar-refractivity contribution is 0.227. The minimum Gasteiger partial charge on any atom is -0.490 e. The Morgan fingerprint density at radius 2 is 2.17 bits per heavy atom. The van der Waals surface area contributed by atoms with E-state index in [-0.39, 0.29) is 12.4 Å². The first-order valence-electron chi connectivity index (χ1n) is 6.37. The second-order valence-corrected chi connectivity index (χ2v) is 4.68. The maximum absolute atomic E-state index is 13.6. The molecule has 0 fully saturated rings. The number of para-hydroxylation sites is 1. The molecule has 4 heteroatoms. The zero-order valence-corrected chi connectivity index (χ0v) is 11.1. The lowest BCUT2D eigenvalue weighted by Crippen LogP contribution is -2.19. The Morgan fingerprint density at radius 1 is 1.39 bits per heavy atom. The van der Waals surface area contributed by atoms with Gasteiger partial charge in [-0.15, -0.1) is 0 Å². The summed E-state index contributed by atoms with van der Waals surface area (Å²) in [6, 6.07) is 4.92. The second kappa shape index (κ2) is 8.06. The third kappa shape index (κ3) is 5.02. The zero-order valence-electron chi connectivity index (χ0n) is 11.1. The molecule has 0 saturated carbocycles. The fourth-order valence-electron chi connectivity index (χ4n) is 1.59. The average molecular weight is 255 g/mol. The van der Waals surface area contributed by atoms with E-state index in [9.17, 15) is 4.39 Å². The van der Waals surface area contributed by atoms with Crippen LogP contribution < -0.4 is 10.1 Å². The predicted octanol–water partition coefficient (Wildman–Crippen LogP) is 2.33. The van der Waals surface area contributed by atoms with Crippen molar-refractivity contribution in [2.45, 2.75) is 26.8 Å². The van der Waals surface area contributed by atoms with Gasteiger partial charge in [0.1, 0.15) is 0 Å². The van der Waals surface area contributed by atoms with Crippen molar-refractivity contribution in [3.05, 3.63) is 29.6 Å². The molecule has 0 aliphatic carbocycles. The van der Waals surface area contributed by atoms with Crippen LogP contribution in [0.15, 0.2) is 18.2 Å². The molecule has 102 valence electrons. The van der Waals surface area contributed by atoms with E-state index >= 15 is 0 Å². The van der Waals surface area contributed by atoms with Crippen molar-refractivity contribution >= 4 is 0 Å². The molecule has 0 bridgehead atoms. The molecule has 0 heterocycles. The number of benzene rings is 1. The highest BCUT2D eigenvalue weighted by Gasteiger charge is 2.09. The minimum absolute atomic E-state index is 0.0510. The van der Waals surface area contributed by atoms with Crippen LogP contribution in [0.2, 0.25) is 0 Å². The van der Waals surface area contributed by atoms with Gasteiger partial charge in [0.05, 0.1) is 6.61 Å². The molecule has 0 aliphatic heterocycles. The normalized spacial score (nSPS) is 10.9. The quantitative estimate of drug-likeness (QED) is 0.701. The number of hydrogen-bond donors (Lipinski definition) is 2. The van der Waals surface area contributed by atoms with Crippen molar-refractivity contribution < 1.29 is 14.2 Å². The molecule has 0 aliphatic rings. The van der Waals surface area contributed by atoms with E-state index in [4.69, 9.17) is 9.84 Å². The summed E-state index contributed by atoms with van der Waals surface area (Å²) in [7, 11) is 0. The van der Waals surface area contributed by atoms with Crippen LogP contribution in [0.4, 0.5) is 4.39 Å². The Kier molecular flexibility index (Phi) is 6.68. The van der Waals surface area contributed by atoms with Gasteiger partial charge in [-0.3, -0.25) is 0 Å². The molecule has 0 atom stereocenters. The fraction of sp³-hybridized carbons (Fsp3) is 0.571. The van der Waals surface area contributed by atoms with Gasteiger partial charge in [-0.05, 0) is 18.5 Å². The van der Waals surface area contributed by atoms with E-state index in [0.29, 0.717) is 31.2 Å². The summed E-state index contributed by atoms with van der Waals surface area (Å²) in [5.74, 6) is 0.497. The van der Waals surface area contributed by atoms with Crippen molar-refractivity contribution in [1.29, 1.82) is 0 Å². The van der Waals surface area contributed by atoms with Crippen molar-refractivity contribution in [3.8, 4) is 5.75 Å². The molecule has 1 rings (SSSR count). The number of aliphatic hydroxyl groups is 1. The van der Waals surface area contributed by atoms with Gasteiger partial charge < -0.3 is 15.2 Å². The molecule has 0 amide bonds. The highest BCUT2D eigenvalue weighted by molar-refractivity contribution is 5.34. The highest BCUT2D eigenvalue weighted by atomic mass is 19.1. The molecule has 2 N–H and O–H groups in total. The first-order chi connectivity index (χ1) is 8.65. The van der Waals surface area contributed by atoms with Gasteiger partial charge in [0.25, 0.3) is 0 Å². The van der Waals surface area contributed by atoms with Gasteiger partial charge in [0.15, 0.2) is 11.6 Å². The molecule has 0 saturated heterocycles. The maximum atomic E-state index is 13.6. The van der Waals surface area contributed by atoms with E-state index in [1.807, 2.05) is 6.07 Å². The maximum Gasteiger partial charge on any atom is 0.165 e. The van der Waals surface area contributed by atoms with Crippen LogP contribution in [0, 0.1) is 11.7 Å². The lowest BCUT2D eigenvalue weighted by Gasteiger charge is -2.13. The molecule has 3 nitrogen and oxygen atoms in total. The summed E-state index contributed by atoms with van der Waals surface area (Å²) in [6.45, 7) is 6.09. The summed E-state index contributed by atoms with van der Waals surface area (Å²) in [6.07, 6.45) is 0.507. The third-order valence-electron chi connectivity index (χ3n) is 2.47. The lowest BCUT2D eigenvalue weighted by atomic mass is 10.1. The molecule has 0 unspecified atom stereocenters. The first-order valence-corrected chi connectivity index (χ1v) is 6.37. The minimum atomic E-state index is -0.350. The molecular formula is C14H22FNO2. The molecule has 18 heavy (non-hydrogen) atoms. The number of hydrogen-bond acceptors (Lipinski definition) is 3. The van der Waals surface area contributed by atoms with Crippen LogP contribution in [0.3, 0.4) is 0 Å². The van der Waals surface area contributed by atoms with Gasteiger partial charge in [0.2, 0.25) is 0 Å². The summed E-state index contributed by atoms with van der Waals surface area (Å²) in [5, 5.41) is 12.0. The molecule has 1 aromatic rings. The van der Waals surface area contributed by atoms with E-state index in [1.165, 1.54) is 6.07 Å². The fourth-order valence-corrected chi connectivity index (χ4v) is 1.59. The number of aliphatic hydroxyl groups excluding tert-OH is 1. The monoisotopic (exact) mass is 255 g/mol. The Labute approximate surface area is 108 Å². The van der Waals surface area contributed by atoms with Crippen LogP contribution in [-0.2, 0) is 6.54 Å². The number of halogens is 1. The topological polar surface area (TPSA) is 41.5 Å². The third-order valence-corrected chi connectivity index (χ3v) is 2.47. The largest absolute Gasteiger partial charge is 0.490 e. The van der Waals surface area contributed by atoms with Crippen LogP contribution in [0.25, 0.3) is 0 Å². The smallest absolute Gasteiger partial charge is 0.165 e.